The largest absolute Gasteiger partial charge is 0.351 e. The van der Waals surface area contributed by atoms with Crippen LogP contribution in [-0.4, -0.2) is 37.0 Å². The lowest BCUT2D eigenvalue weighted by Gasteiger charge is -2.15. The molecule has 0 saturated heterocycles. The highest BCUT2D eigenvalue weighted by atomic mass is 127. The molecule has 1 aromatic carbocycles. The van der Waals surface area contributed by atoms with E-state index in [1.807, 2.05) is 24.3 Å². The first-order chi connectivity index (χ1) is 8.16. The Morgan fingerprint density at radius 2 is 2.06 bits per heavy atom. The predicted molar refractivity (Wildman–Crippen MR) is 77.1 cm³/mol. The third-order valence-corrected chi connectivity index (χ3v) is 3.75. The Morgan fingerprint density at radius 3 is 2.65 bits per heavy atom. The lowest BCUT2D eigenvalue weighted by atomic mass is 10.2. The standard InChI is InChI=1S/C13H17IN2O/c1-16(12-6-7-12)9-8-15-13(17)10-2-4-11(14)5-3-10/h2-5,12H,6-9H2,1H3,(H,15,17). The summed E-state index contributed by atoms with van der Waals surface area (Å²) in [5.41, 5.74) is 0.736. The van der Waals surface area contributed by atoms with Crippen LogP contribution >= 0.6 is 22.6 Å². The summed E-state index contributed by atoms with van der Waals surface area (Å²) in [4.78, 5) is 14.1. The van der Waals surface area contributed by atoms with Crippen LogP contribution in [0.25, 0.3) is 0 Å². The Bertz CT molecular complexity index is 387. The van der Waals surface area contributed by atoms with Crippen LogP contribution in [0.15, 0.2) is 24.3 Å². The van der Waals surface area contributed by atoms with E-state index in [2.05, 4.69) is 39.9 Å². The van der Waals surface area contributed by atoms with Crippen molar-refractivity contribution in [2.24, 2.45) is 0 Å². The van der Waals surface area contributed by atoms with E-state index < -0.39 is 0 Å². The molecule has 1 amide bonds. The van der Waals surface area contributed by atoms with Crippen LogP contribution in [0.3, 0.4) is 0 Å². The number of nitrogens with one attached hydrogen (secondary N) is 1. The summed E-state index contributed by atoms with van der Waals surface area (Å²) in [6.45, 7) is 1.65. The van der Waals surface area contributed by atoms with Gasteiger partial charge in [-0.1, -0.05) is 0 Å². The molecule has 2 rings (SSSR count). The van der Waals surface area contributed by atoms with E-state index in [0.29, 0.717) is 0 Å². The molecule has 1 fully saturated rings. The fourth-order valence-electron chi connectivity index (χ4n) is 1.75. The molecule has 0 aliphatic heterocycles. The van der Waals surface area contributed by atoms with Crippen LogP contribution < -0.4 is 5.32 Å². The third kappa shape index (κ3) is 3.96. The topological polar surface area (TPSA) is 32.3 Å². The van der Waals surface area contributed by atoms with E-state index in [9.17, 15) is 4.79 Å². The molecule has 0 radical (unpaired) electrons. The molecule has 0 unspecified atom stereocenters. The summed E-state index contributed by atoms with van der Waals surface area (Å²) < 4.78 is 1.15. The molecular weight excluding hydrogens is 327 g/mol. The molecule has 1 N–H and O–H groups in total. The van der Waals surface area contributed by atoms with Gasteiger partial charge in [-0.05, 0) is 66.7 Å². The van der Waals surface area contributed by atoms with Crippen molar-refractivity contribution in [3.63, 3.8) is 0 Å². The number of halogens is 1. The first-order valence-electron chi connectivity index (χ1n) is 5.91. The number of hydrogen-bond donors (Lipinski definition) is 1. The average Bonchev–Trinajstić information content (AvgIpc) is 3.13. The molecule has 0 atom stereocenters. The highest BCUT2D eigenvalue weighted by Gasteiger charge is 2.25. The summed E-state index contributed by atoms with van der Waals surface area (Å²) in [6, 6.07) is 8.38. The fraction of sp³-hybridized carbons (Fsp3) is 0.462. The summed E-state index contributed by atoms with van der Waals surface area (Å²) in [6.07, 6.45) is 2.61. The van der Waals surface area contributed by atoms with Gasteiger partial charge in [0, 0.05) is 28.3 Å². The molecule has 1 aromatic rings. The maximum Gasteiger partial charge on any atom is 0.251 e. The molecule has 0 aromatic heterocycles. The van der Waals surface area contributed by atoms with Gasteiger partial charge in [0.05, 0.1) is 0 Å². The highest BCUT2D eigenvalue weighted by molar-refractivity contribution is 14.1. The zero-order valence-corrected chi connectivity index (χ0v) is 12.1. The number of rotatable bonds is 5. The van der Waals surface area contributed by atoms with Crippen LogP contribution in [0.4, 0.5) is 0 Å². The van der Waals surface area contributed by atoms with Crippen LogP contribution in [-0.2, 0) is 0 Å². The summed E-state index contributed by atoms with van der Waals surface area (Å²) >= 11 is 2.23. The maximum atomic E-state index is 11.8. The molecule has 92 valence electrons. The van der Waals surface area contributed by atoms with Crippen molar-refractivity contribution in [1.82, 2.24) is 10.2 Å². The summed E-state index contributed by atoms with van der Waals surface area (Å²) in [5.74, 6) is 0.0191. The second-order valence-electron chi connectivity index (χ2n) is 4.47. The normalized spacial score (nSPS) is 15.0. The third-order valence-electron chi connectivity index (χ3n) is 3.03. The Labute approximate surface area is 116 Å². The number of carbonyl (C=O) groups is 1. The number of benzene rings is 1. The van der Waals surface area contributed by atoms with Gasteiger partial charge in [-0.15, -0.1) is 0 Å². The first-order valence-corrected chi connectivity index (χ1v) is 6.98. The van der Waals surface area contributed by atoms with Gasteiger partial charge in [0.15, 0.2) is 0 Å². The Morgan fingerprint density at radius 1 is 1.41 bits per heavy atom. The van der Waals surface area contributed by atoms with E-state index in [0.717, 1.165) is 28.3 Å². The van der Waals surface area contributed by atoms with E-state index in [1.54, 1.807) is 0 Å². The Kier molecular flexibility index (Phi) is 4.39. The van der Waals surface area contributed by atoms with Gasteiger partial charge in [0.25, 0.3) is 5.91 Å². The fourth-order valence-corrected chi connectivity index (χ4v) is 2.11. The molecule has 1 aliphatic rings. The van der Waals surface area contributed by atoms with Crippen molar-refractivity contribution in [2.75, 3.05) is 20.1 Å². The maximum absolute atomic E-state index is 11.8. The monoisotopic (exact) mass is 344 g/mol. The lowest BCUT2D eigenvalue weighted by Crippen LogP contribution is -2.33. The molecule has 17 heavy (non-hydrogen) atoms. The summed E-state index contributed by atoms with van der Waals surface area (Å²) in [5, 5.41) is 2.95. The Balaban J connectivity index is 1.74. The second-order valence-corrected chi connectivity index (χ2v) is 5.72. The zero-order chi connectivity index (χ0) is 12.3. The Hall–Kier alpha value is -0.620. The molecule has 1 aliphatic carbocycles. The van der Waals surface area contributed by atoms with Crippen LogP contribution in [0.5, 0.6) is 0 Å². The van der Waals surface area contributed by atoms with E-state index in [-0.39, 0.29) is 5.91 Å². The van der Waals surface area contributed by atoms with E-state index in [4.69, 9.17) is 0 Å². The van der Waals surface area contributed by atoms with Crippen molar-refractivity contribution >= 4 is 28.5 Å². The number of likely N-dealkylation sites (N-methyl/N-ethyl adjacent to an activating group) is 1. The van der Waals surface area contributed by atoms with Gasteiger partial charge in [0.2, 0.25) is 0 Å². The quantitative estimate of drug-likeness (QED) is 0.830. The molecule has 0 heterocycles. The second kappa shape index (κ2) is 5.82. The average molecular weight is 344 g/mol. The smallest absolute Gasteiger partial charge is 0.251 e. The van der Waals surface area contributed by atoms with Crippen LogP contribution in [0, 0.1) is 3.57 Å². The van der Waals surface area contributed by atoms with Crippen LogP contribution in [0.1, 0.15) is 23.2 Å². The lowest BCUT2D eigenvalue weighted by molar-refractivity contribution is 0.0949. The van der Waals surface area contributed by atoms with Crippen molar-refractivity contribution in [1.29, 1.82) is 0 Å². The van der Waals surface area contributed by atoms with Gasteiger partial charge in [0.1, 0.15) is 0 Å². The number of hydrogen-bond acceptors (Lipinski definition) is 2. The SMILES string of the molecule is CN(CCNC(=O)c1ccc(I)cc1)C1CC1. The summed E-state index contributed by atoms with van der Waals surface area (Å²) in [7, 11) is 2.12. The van der Waals surface area contributed by atoms with Gasteiger partial charge in [-0.25, -0.2) is 0 Å². The van der Waals surface area contributed by atoms with Crippen molar-refractivity contribution in [2.45, 2.75) is 18.9 Å². The zero-order valence-electron chi connectivity index (χ0n) is 9.95. The minimum atomic E-state index is 0.0191. The van der Waals surface area contributed by atoms with Crippen LogP contribution in [0.2, 0.25) is 0 Å². The molecule has 1 saturated carbocycles. The van der Waals surface area contributed by atoms with Gasteiger partial charge < -0.3 is 10.2 Å². The first kappa shape index (κ1) is 12.8. The number of carbonyl (C=O) groups excluding carboxylic acids is 1. The minimum Gasteiger partial charge on any atom is -0.351 e. The van der Waals surface area contributed by atoms with Gasteiger partial charge in [-0.3, -0.25) is 4.79 Å². The molecule has 3 nitrogen and oxygen atoms in total. The van der Waals surface area contributed by atoms with Crippen molar-refractivity contribution in [3.8, 4) is 0 Å². The number of nitrogens with zero attached hydrogens (tertiary/aromatic N) is 1. The number of amides is 1. The minimum absolute atomic E-state index is 0.0191. The molecule has 4 heteroatoms. The van der Waals surface area contributed by atoms with E-state index >= 15 is 0 Å². The molecule has 0 spiro atoms. The highest BCUT2D eigenvalue weighted by Crippen LogP contribution is 2.24. The predicted octanol–water partition coefficient (Wildman–Crippen LogP) is 2.12. The molecule has 0 bridgehead atoms. The van der Waals surface area contributed by atoms with Gasteiger partial charge in [-0.2, -0.15) is 0 Å². The van der Waals surface area contributed by atoms with Crippen molar-refractivity contribution in [3.05, 3.63) is 33.4 Å². The molecular formula is C13H17IN2O. The van der Waals surface area contributed by atoms with Crippen molar-refractivity contribution < 1.29 is 4.79 Å². The van der Waals surface area contributed by atoms with Gasteiger partial charge >= 0.3 is 0 Å². The van der Waals surface area contributed by atoms with E-state index in [1.165, 1.54) is 12.8 Å².